The molecule has 0 saturated heterocycles. The van der Waals surface area contributed by atoms with Gasteiger partial charge in [-0.1, -0.05) is 28.1 Å². The number of Topliss-reactive ketones (excluding diaryl/α,β-unsaturated/α-hetero) is 1. The summed E-state index contributed by atoms with van der Waals surface area (Å²) in [5.41, 5.74) is 0.287. The van der Waals surface area contributed by atoms with Gasteiger partial charge in [-0.15, -0.1) is 0 Å². The van der Waals surface area contributed by atoms with Crippen molar-refractivity contribution in [1.82, 2.24) is 4.90 Å². The average molecular weight is 296 g/mol. The van der Waals surface area contributed by atoms with E-state index in [0.717, 1.165) is 10.0 Å². The Kier molecular flexibility index (Phi) is 3.08. The summed E-state index contributed by atoms with van der Waals surface area (Å²) in [5, 5.41) is 0. The van der Waals surface area contributed by atoms with E-state index in [1.165, 1.54) is 0 Å². The second-order valence-corrected chi connectivity index (χ2v) is 5.60. The number of rotatable bonds is 2. The van der Waals surface area contributed by atoms with E-state index in [2.05, 4.69) is 15.9 Å². The molecule has 1 fully saturated rings. The average Bonchev–Trinajstić information content (AvgIpc) is 2.23. The lowest BCUT2D eigenvalue weighted by atomic mass is 9.63. The number of carbonyl (C=O) groups excluding carboxylic acids is 2. The van der Waals surface area contributed by atoms with Crippen LogP contribution in [0.25, 0.3) is 0 Å². The first-order chi connectivity index (χ1) is 7.95. The predicted molar refractivity (Wildman–Crippen MR) is 68.8 cm³/mol. The maximum atomic E-state index is 12.3. The summed E-state index contributed by atoms with van der Waals surface area (Å²) in [4.78, 5) is 25.1. The van der Waals surface area contributed by atoms with E-state index in [0.29, 0.717) is 12.8 Å². The number of halogens is 1. The van der Waals surface area contributed by atoms with E-state index < -0.39 is 5.41 Å². The van der Waals surface area contributed by atoms with Gasteiger partial charge in [-0.25, -0.2) is 0 Å². The van der Waals surface area contributed by atoms with Gasteiger partial charge in [-0.05, 0) is 17.7 Å². The van der Waals surface area contributed by atoms with E-state index in [4.69, 9.17) is 0 Å². The molecule has 0 bridgehead atoms. The van der Waals surface area contributed by atoms with E-state index in [1.54, 1.807) is 19.0 Å². The smallest absolute Gasteiger partial charge is 0.233 e. The molecule has 0 heterocycles. The molecule has 0 aromatic heterocycles. The van der Waals surface area contributed by atoms with Crippen molar-refractivity contribution in [3.63, 3.8) is 0 Å². The summed E-state index contributed by atoms with van der Waals surface area (Å²) in [6.45, 7) is 0. The molecular weight excluding hydrogens is 282 g/mol. The molecule has 1 aromatic rings. The van der Waals surface area contributed by atoms with Crippen LogP contribution in [0.4, 0.5) is 0 Å². The second kappa shape index (κ2) is 4.26. The standard InChI is InChI=1S/C13H14BrNO2/c1-15(2)12(17)13(7-11(16)8-13)9-4-3-5-10(14)6-9/h3-6H,7-8H2,1-2H3. The first-order valence-electron chi connectivity index (χ1n) is 5.45. The summed E-state index contributed by atoms with van der Waals surface area (Å²) < 4.78 is 0.931. The highest BCUT2D eigenvalue weighted by atomic mass is 79.9. The minimum atomic E-state index is -0.635. The molecule has 0 atom stereocenters. The van der Waals surface area contributed by atoms with Gasteiger partial charge in [0.2, 0.25) is 5.91 Å². The molecule has 2 rings (SSSR count). The summed E-state index contributed by atoms with van der Waals surface area (Å²) in [7, 11) is 3.45. The summed E-state index contributed by atoms with van der Waals surface area (Å²) >= 11 is 3.40. The molecule has 0 aliphatic heterocycles. The molecule has 1 aliphatic rings. The molecule has 90 valence electrons. The number of ketones is 1. The molecule has 1 amide bonds. The Hall–Kier alpha value is -1.16. The molecule has 1 aromatic carbocycles. The Morgan fingerprint density at radius 3 is 2.47 bits per heavy atom. The lowest BCUT2D eigenvalue weighted by Crippen LogP contribution is -2.53. The molecule has 0 radical (unpaired) electrons. The van der Waals surface area contributed by atoms with Crippen molar-refractivity contribution < 1.29 is 9.59 Å². The highest BCUT2D eigenvalue weighted by Crippen LogP contribution is 2.43. The number of amides is 1. The molecular formula is C13H14BrNO2. The van der Waals surface area contributed by atoms with Crippen LogP contribution >= 0.6 is 15.9 Å². The minimum Gasteiger partial charge on any atom is -0.348 e. The third kappa shape index (κ3) is 2.02. The van der Waals surface area contributed by atoms with Gasteiger partial charge in [0.05, 0.1) is 5.41 Å². The van der Waals surface area contributed by atoms with E-state index in [1.807, 2.05) is 24.3 Å². The molecule has 0 unspecified atom stereocenters. The SMILES string of the molecule is CN(C)C(=O)C1(c2cccc(Br)c2)CC(=O)C1. The van der Waals surface area contributed by atoms with Crippen LogP contribution in [0, 0.1) is 0 Å². The number of nitrogens with zero attached hydrogens (tertiary/aromatic N) is 1. The van der Waals surface area contributed by atoms with Gasteiger partial charge in [0.25, 0.3) is 0 Å². The third-order valence-electron chi connectivity index (χ3n) is 3.19. The Labute approximate surface area is 109 Å². The van der Waals surface area contributed by atoms with Crippen molar-refractivity contribution in [1.29, 1.82) is 0 Å². The zero-order chi connectivity index (χ0) is 12.6. The second-order valence-electron chi connectivity index (χ2n) is 4.68. The number of carbonyl (C=O) groups is 2. The van der Waals surface area contributed by atoms with Crippen LogP contribution in [0.3, 0.4) is 0 Å². The number of likely N-dealkylation sites (N-methyl/N-ethyl adjacent to an activating group) is 1. The van der Waals surface area contributed by atoms with Crippen LogP contribution in [-0.2, 0) is 15.0 Å². The molecule has 0 N–H and O–H groups in total. The Morgan fingerprint density at radius 2 is 2.00 bits per heavy atom. The van der Waals surface area contributed by atoms with Gasteiger partial charge < -0.3 is 4.90 Å². The molecule has 1 saturated carbocycles. The number of benzene rings is 1. The fourth-order valence-electron chi connectivity index (χ4n) is 2.31. The van der Waals surface area contributed by atoms with Crippen molar-refractivity contribution >= 4 is 27.6 Å². The molecule has 1 aliphatic carbocycles. The van der Waals surface area contributed by atoms with Crippen molar-refractivity contribution in [2.45, 2.75) is 18.3 Å². The quantitative estimate of drug-likeness (QED) is 0.838. The number of hydrogen-bond donors (Lipinski definition) is 0. The summed E-state index contributed by atoms with van der Waals surface area (Å²) in [6, 6.07) is 7.65. The normalized spacial score (nSPS) is 17.5. The van der Waals surface area contributed by atoms with E-state index in [9.17, 15) is 9.59 Å². The molecule has 17 heavy (non-hydrogen) atoms. The first kappa shape index (κ1) is 12.3. The number of hydrogen-bond acceptors (Lipinski definition) is 2. The minimum absolute atomic E-state index is 0.00944. The van der Waals surface area contributed by atoms with Gasteiger partial charge >= 0.3 is 0 Å². The van der Waals surface area contributed by atoms with Crippen LogP contribution < -0.4 is 0 Å². The zero-order valence-corrected chi connectivity index (χ0v) is 11.5. The van der Waals surface area contributed by atoms with Crippen molar-refractivity contribution in [3.8, 4) is 0 Å². The molecule has 4 heteroatoms. The van der Waals surface area contributed by atoms with Crippen LogP contribution in [0.1, 0.15) is 18.4 Å². The van der Waals surface area contributed by atoms with Crippen LogP contribution in [0.5, 0.6) is 0 Å². The van der Waals surface area contributed by atoms with Crippen molar-refractivity contribution in [3.05, 3.63) is 34.3 Å². The molecule has 0 spiro atoms. The van der Waals surface area contributed by atoms with E-state index >= 15 is 0 Å². The van der Waals surface area contributed by atoms with Gasteiger partial charge in [-0.3, -0.25) is 9.59 Å². The Bertz CT molecular complexity index is 474. The fourth-order valence-corrected chi connectivity index (χ4v) is 2.71. The summed E-state index contributed by atoms with van der Waals surface area (Å²) in [6.07, 6.45) is 0.640. The lowest BCUT2D eigenvalue weighted by molar-refractivity contribution is -0.146. The maximum Gasteiger partial charge on any atom is 0.233 e. The Balaban J connectivity index is 2.42. The largest absolute Gasteiger partial charge is 0.348 e. The van der Waals surface area contributed by atoms with E-state index in [-0.39, 0.29) is 11.7 Å². The predicted octanol–water partition coefficient (Wildman–Crippen LogP) is 2.14. The monoisotopic (exact) mass is 295 g/mol. The van der Waals surface area contributed by atoms with Gasteiger partial charge in [0, 0.05) is 31.4 Å². The fraction of sp³-hybridized carbons (Fsp3) is 0.385. The van der Waals surface area contributed by atoms with Gasteiger partial charge in [0.15, 0.2) is 0 Å². The highest BCUT2D eigenvalue weighted by Gasteiger charge is 2.51. The Morgan fingerprint density at radius 1 is 1.35 bits per heavy atom. The van der Waals surface area contributed by atoms with Crippen LogP contribution in [-0.4, -0.2) is 30.7 Å². The summed E-state index contributed by atoms with van der Waals surface area (Å²) in [5.74, 6) is 0.162. The molecule has 3 nitrogen and oxygen atoms in total. The van der Waals surface area contributed by atoms with Gasteiger partial charge in [0.1, 0.15) is 5.78 Å². The third-order valence-corrected chi connectivity index (χ3v) is 3.68. The maximum absolute atomic E-state index is 12.3. The lowest BCUT2D eigenvalue weighted by Gasteiger charge is -2.41. The van der Waals surface area contributed by atoms with Crippen molar-refractivity contribution in [2.75, 3.05) is 14.1 Å². The highest BCUT2D eigenvalue weighted by molar-refractivity contribution is 9.10. The van der Waals surface area contributed by atoms with Crippen LogP contribution in [0.2, 0.25) is 0 Å². The first-order valence-corrected chi connectivity index (χ1v) is 6.24. The van der Waals surface area contributed by atoms with Gasteiger partial charge in [-0.2, -0.15) is 0 Å². The zero-order valence-electron chi connectivity index (χ0n) is 9.87. The van der Waals surface area contributed by atoms with Crippen molar-refractivity contribution in [2.24, 2.45) is 0 Å². The van der Waals surface area contributed by atoms with Crippen LogP contribution in [0.15, 0.2) is 28.7 Å². The topological polar surface area (TPSA) is 37.4 Å².